The van der Waals surface area contributed by atoms with E-state index in [2.05, 4.69) is 20.6 Å². The lowest BCUT2D eigenvalue weighted by atomic mass is 10.1. The van der Waals surface area contributed by atoms with Crippen molar-refractivity contribution in [3.8, 4) is 0 Å². The van der Waals surface area contributed by atoms with Gasteiger partial charge < -0.3 is 15.6 Å². The fourth-order valence-corrected chi connectivity index (χ4v) is 0.942. The van der Waals surface area contributed by atoms with E-state index in [-0.39, 0.29) is 11.6 Å². The van der Waals surface area contributed by atoms with Crippen molar-refractivity contribution in [1.82, 2.24) is 20.6 Å². The first-order chi connectivity index (χ1) is 6.47. The van der Waals surface area contributed by atoms with E-state index in [1.165, 1.54) is 0 Å². The number of hydrogen-bond acceptors (Lipinski definition) is 2. The maximum Gasteiger partial charge on any atom is 0.315 e. The van der Waals surface area contributed by atoms with Crippen LogP contribution in [0.4, 0.5) is 4.79 Å². The zero-order chi connectivity index (χ0) is 10.6. The van der Waals surface area contributed by atoms with Crippen molar-refractivity contribution in [3.05, 3.63) is 18.2 Å². The van der Waals surface area contributed by atoms with Crippen LogP contribution in [0.1, 0.15) is 26.5 Å². The van der Waals surface area contributed by atoms with Crippen LogP contribution in [-0.4, -0.2) is 21.5 Å². The molecular weight excluding hydrogens is 180 g/mol. The summed E-state index contributed by atoms with van der Waals surface area (Å²) in [5, 5.41) is 5.52. The third-order valence-electron chi connectivity index (χ3n) is 1.48. The van der Waals surface area contributed by atoms with Crippen LogP contribution in [0.15, 0.2) is 12.5 Å². The Kier molecular flexibility index (Phi) is 3.11. The lowest BCUT2D eigenvalue weighted by Gasteiger charge is -2.20. The summed E-state index contributed by atoms with van der Waals surface area (Å²) in [5.74, 6) is 0. The normalized spacial score (nSPS) is 11.1. The van der Waals surface area contributed by atoms with Crippen LogP contribution in [0, 0.1) is 0 Å². The van der Waals surface area contributed by atoms with Crippen molar-refractivity contribution in [1.29, 1.82) is 0 Å². The van der Waals surface area contributed by atoms with Crippen LogP contribution in [0.5, 0.6) is 0 Å². The first-order valence-corrected chi connectivity index (χ1v) is 4.50. The Morgan fingerprint density at radius 3 is 2.79 bits per heavy atom. The molecule has 5 nitrogen and oxygen atoms in total. The summed E-state index contributed by atoms with van der Waals surface area (Å²) in [4.78, 5) is 18.0. The predicted molar refractivity (Wildman–Crippen MR) is 53.7 cm³/mol. The quantitative estimate of drug-likeness (QED) is 0.660. The second kappa shape index (κ2) is 4.13. The smallest absolute Gasteiger partial charge is 0.315 e. The van der Waals surface area contributed by atoms with Gasteiger partial charge in [-0.2, -0.15) is 0 Å². The molecule has 0 bridgehead atoms. The first kappa shape index (κ1) is 10.6. The van der Waals surface area contributed by atoms with E-state index in [0.29, 0.717) is 6.54 Å². The van der Waals surface area contributed by atoms with Gasteiger partial charge in [0.1, 0.15) is 0 Å². The van der Waals surface area contributed by atoms with Crippen molar-refractivity contribution >= 4 is 6.03 Å². The summed E-state index contributed by atoms with van der Waals surface area (Å²) < 4.78 is 0. The molecule has 0 aromatic carbocycles. The number of carbonyl (C=O) groups is 1. The van der Waals surface area contributed by atoms with Gasteiger partial charge in [0.15, 0.2) is 0 Å². The van der Waals surface area contributed by atoms with Crippen LogP contribution in [0.2, 0.25) is 0 Å². The van der Waals surface area contributed by atoms with Gasteiger partial charge in [-0.25, -0.2) is 9.78 Å². The molecule has 78 valence electrons. The molecule has 14 heavy (non-hydrogen) atoms. The zero-order valence-electron chi connectivity index (χ0n) is 8.72. The summed E-state index contributed by atoms with van der Waals surface area (Å²) in [5.41, 5.74) is 0.673. The number of nitrogens with zero attached hydrogens (tertiary/aromatic N) is 1. The molecule has 0 atom stereocenters. The van der Waals surface area contributed by atoms with Crippen molar-refractivity contribution in [3.63, 3.8) is 0 Å². The van der Waals surface area contributed by atoms with Gasteiger partial charge >= 0.3 is 6.03 Å². The zero-order valence-corrected chi connectivity index (χ0v) is 8.72. The van der Waals surface area contributed by atoms with Crippen molar-refractivity contribution in [2.24, 2.45) is 0 Å². The van der Waals surface area contributed by atoms with E-state index >= 15 is 0 Å². The second-order valence-corrected chi connectivity index (χ2v) is 4.13. The molecule has 0 aliphatic heterocycles. The van der Waals surface area contributed by atoms with E-state index in [0.717, 1.165) is 5.69 Å². The molecule has 0 saturated heterocycles. The highest BCUT2D eigenvalue weighted by Gasteiger charge is 2.12. The minimum Gasteiger partial charge on any atom is -0.347 e. The Labute approximate surface area is 83.3 Å². The minimum atomic E-state index is -0.210. The van der Waals surface area contributed by atoms with E-state index in [9.17, 15) is 4.79 Å². The number of nitrogens with one attached hydrogen (secondary N) is 3. The fourth-order valence-electron chi connectivity index (χ4n) is 0.942. The van der Waals surface area contributed by atoms with Crippen LogP contribution in [0.3, 0.4) is 0 Å². The number of aromatic amines is 1. The lowest BCUT2D eigenvalue weighted by molar-refractivity contribution is 0.231. The molecule has 0 radical (unpaired) electrons. The van der Waals surface area contributed by atoms with E-state index in [1.54, 1.807) is 12.5 Å². The molecule has 2 amide bonds. The molecule has 0 aliphatic rings. The minimum absolute atomic E-state index is 0.174. The Bertz CT molecular complexity index is 286. The second-order valence-electron chi connectivity index (χ2n) is 4.13. The fraction of sp³-hybridized carbons (Fsp3) is 0.556. The number of rotatable bonds is 2. The van der Waals surface area contributed by atoms with Gasteiger partial charge in [0.2, 0.25) is 0 Å². The van der Waals surface area contributed by atoms with Crippen LogP contribution < -0.4 is 10.6 Å². The number of aromatic nitrogens is 2. The molecular formula is C9H16N4O. The van der Waals surface area contributed by atoms with Gasteiger partial charge in [-0.05, 0) is 20.8 Å². The molecule has 0 aliphatic carbocycles. The first-order valence-electron chi connectivity index (χ1n) is 4.50. The van der Waals surface area contributed by atoms with Gasteiger partial charge in [0.25, 0.3) is 0 Å². The molecule has 1 aromatic rings. The Hall–Kier alpha value is -1.52. The standard InChI is InChI=1S/C9H16N4O/c1-9(2,3)13-8(14)11-5-7-4-10-6-12-7/h4,6H,5H2,1-3H3,(H,10,12)(H2,11,13,14). The molecule has 3 N–H and O–H groups in total. The largest absolute Gasteiger partial charge is 0.347 e. The maximum absolute atomic E-state index is 11.3. The highest BCUT2D eigenvalue weighted by Crippen LogP contribution is 1.97. The summed E-state index contributed by atoms with van der Waals surface area (Å²) in [7, 11) is 0. The van der Waals surface area contributed by atoms with Crippen molar-refractivity contribution in [2.45, 2.75) is 32.9 Å². The molecule has 5 heteroatoms. The summed E-state index contributed by atoms with van der Waals surface area (Å²) in [6.45, 7) is 6.26. The van der Waals surface area contributed by atoms with Gasteiger partial charge in [0, 0.05) is 11.7 Å². The molecule has 0 spiro atoms. The van der Waals surface area contributed by atoms with Gasteiger partial charge in [-0.1, -0.05) is 0 Å². The molecule has 1 aromatic heterocycles. The van der Waals surface area contributed by atoms with Gasteiger partial charge in [-0.3, -0.25) is 0 Å². The molecule has 0 fully saturated rings. The Balaban J connectivity index is 2.29. The summed E-state index contributed by atoms with van der Waals surface area (Å²) >= 11 is 0. The average Bonchev–Trinajstić information content (AvgIpc) is 2.49. The number of imidazole rings is 1. The van der Waals surface area contributed by atoms with Crippen molar-refractivity contribution in [2.75, 3.05) is 0 Å². The highest BCUT2D eigenvalue weighted by molar-refractivity contribution is 5.74. The Morgan fingerprint density at radius 2 is 2.29 bits per heavy atom. The van der Waals surface area contributed by atoms with Gasteiger partial charge in [0.05, 0.1) is 18.6 Å². The van der Waals surface area contributed by atoms with E-state index in [4.69, 9.17) is 0 Å². The molecule has 0 saturated carbocycles. The Morgan fingerprint density at radius 1 is 1.57 bits per heavy atom. The number of carbonyl (C=O) groups excluding carboxylic acids is 1. The molecule has 0 unspecified atom stereocenters. The summed E-state index contributed by atoms with van der Waals surface area (Å²) in [6, 6.07) is -0.174. The van der Waals surface area contributed by atoms with Gasteiger partial charge in [-0.15, -0.1) is 0 Å². The van der Waals surface area contributed by atoms with E-state index < -0.39 is 0 Å². The monoisotopic (exact) mass is 196 g/mol. The van der Waals surface area contributed by atoms with Crippen LogP contribution in [-0.2, 0) is 6.54 Å². The lowest BCUT2D eigenvalue weighted by Crippen LogP contribution is -2.46. The summed E-state index contributed by atoms with van der Waals surface area (Å²) in [6.07, 6.45) is 3.26. The third-order valence-corrected chi connectivity index (χ3v) is 1.48. The molecule has 1 heterocycles. The number of hydrogen-bond donors (Lipinski definition) is 3. The van der Waals surface area contributed by atoms with Crippen LogP contribution in [0.25, 0.3) is 0 Å². The maximum atomic E-state index is 11.3. The molecule has 1 rings (SSSR count). The number of H-pyrrole nitrogens is 1. The van der Waals surface area contributed by atoms with Crippen molar-refractivity contribution < 1.29 is 4.79 Å². The topological polar surface area (TPSA) is 69.8 Å². The SMILES string of the molecule is CC(C)(C)NC(=O)NCc1cnc[nH]1. The average molecular weight is 196 g/mol. The number of amides is 2. The third kappa shape index (κ3) is 3.93. The highest BCUT2D eigenvalue weighted by atomic mass is 16.2. The van der Waals surface area contributed by atoms with Crippen LogP contribution >= 0.6 is 0 Å². The number of urea groups is 1. The van der Waals surface area contributed by atoms with E-state index in [1.807, 2.05) is 20.8 Å². The predicted octanol–water partition coefficient (Wildman–Crippen LogP) is 1.01.